The topological polar surface area (TPSA) is 74.5 Å². The SMILES string of the molecule is CCc1nn(CC)c(Cn2cc(CCCCN)nn2)c1Br. The quantitative estimate of drug-likeness (QED) is 0.737. The molecular weight excluding hydrogens is 332 g/mol. The Labute approximate surface area is 133 Å². The third kappa shape index (κ3) is 3.91. The lowest BCUT2D eigenvalue weighted by atomic mass is 10.2. The van der Waals surface area contributed by atoms with Gasteiger partial charge in [0.05, 0.1) is 28.1 Å². The van der Waals surface area contributed by atoms with E-state index in [1.54, 1.807) is 0 Å². The molecule has 0 aliphatic rings. The van der Waals surface area contributed by atoms with Crippen LogP contribution < -0.4 is 5.73 Å². The highest BCUT2D eigenvalue weighted by Gasteiger charge is 2.14. The van der Waals surface area contributed by atoms with Crippen molar-refractivity contribution < 1.29 is 0 Å². The normalized spacial score (nSPS) is 11.2. The maximum absolute atomic E-state index is 5.51. The van der Waals surface area contributed by atoms with Crippen LogP contribution in [0.15, 0.2) is 10.7 Å². The first-order chi connectivity index (χ1) is 10.2. The van der Waals surface area contributed by atoms with Gasteiger partial charge in [-0.1, -0.05) is 12.1 Å². The summed E-state index contributed by atoms with van der Waals surface area (Å²) in [4.78, 5) is 0. The Hall–Kier alpha value is -1.21. The van der Waals surface area contributed by atoms with Crippen molar-refractivity contribution >= 4 is 15.9 Å². The monoisotopic (exact) mass is 354 g/mol. The number of aryl methyl sites for hydroxylation is 3. The molecule has 0 aliphatic heterocycles. The van der Waals surface area contributed by atoms with Crippen molar-refractivity contribution in [1.82, 2.24) is 24.8 Å². The van der Waals surface area contributed by atoms with E-state index < -0.39 is 0 Å². The first kappa shape index (κ1) is 16.2. The van der Waals surface area contributed by atoms with Crippen LogP contribution >= 0.6 is 15.9 Å². The molecule has 0 fully saturated rings. The Morgan fingerprint density at radius 3 is 2.76 bits per heavy atom. The van der Waals surface area contributed by atoms with E-state index >= 15 is 0 Å². The van der Waals surface area contributed by atoms with Gasteiger partial charge in [-0.3, -0.25) is 4.68 Å². The molecule has 0 aromatic carbocycles. The summed E-state index contributed by atoms with van der Waals surface area (Å²) in [6.45, 7) is 6.48. The third-order valence-electron chi connectivity index (χ3n) is 3.48. The number of hydrogen-bond donors (Lipinski definition) is 1. The molecular formula is C14H23BrN6. The van der Waals surface area contributed by atoms with Gasteiger partial charge in [0.25, 0.3) is 0 Å². The number of nitrogens with zero attached hydrogens (tertiary/aromatic N) is 5. The Morgan fingerprint density at radius 1 is 1.29 bits per heavy atom. The average Bonchev–Trinajstić information content (AvgIpc) is 3.05. The van der Waals surface area contributed by atoms with Gasteiger partial charge in [0.1, 0.15) is 0 Å². The van der Waals surface area contributed by atoms with Gasteiger partial charge in [0.2, 0.25) is 0 Å². The lowest BCUT2D eigenvalue weighted by Gasteiger charge is -2.04. The highest BCUT2D eigenvalue weighted by atomic mass is 79.9. The molecule has 0 bridgehead atoms. The Balaban J connectivity index is 2.09. The molecule has 21 heavy (non-hydrogen) atoms. The predicted octanol–water partition coefficient (Wildman–Crippen LogP) is 2.15. The molecule has 2 rings (SSSR count). The van der Waals surface area contributed by atoms with E-state index in [9.17, 15) is 0 Å². The van der Waals surface area contributed by atoms with Gasteiger partial charge in [0.15, 0.2) is 0 Å². The zero-order valence-electron chi connectivity index (χ0n) is 12.7. The van der Waals surface area contributed by atoms with Crippen molar-refractivity contribution in [3.05, 3.63) is 27.8 Å². The van der Waals surface area contributed by atoms with Crippen LogP contribution in [0.3, 0.4) is 0 Å². The van der Waals surface area contributed by atoms with E-state index in [0.717, 1.165) is 60.3 Å². The second-order valence-electron chi connectivity index (χ2n) is 5.03. The Kier molecular flexibility index (Phi) is 5.93. The van der Waals surface area contributed by atoms with Gasteiger partial charge >= 0.3 is 0 Å². The van der Waals surface area contributed by atoms with Crippen LogP contribution in [0.2, 0.25) is 0 Å². The summed E-state index contributed by atoms with van der Waals surface area (Å²) in [6.07, 6.45) is 5.96. The van der Waals surface area contributed by atoms with Gasteiger partial charge < -0.3 is 5.73 Å². The number of unbranched alkanes of at least 4 members (excludes halogenated alkanes) is 1. The number of aromatic nitrogens is 5. The summed E-state index contributed by atoms with van der Waals surface area (Å²) in [5.74, 6) is 0. The van der Waals surface area contributed by atoms with E-state index in [4.69, 9.17) is 5.73 Å². The molecule has 6 nitrogen and oxygen atoms in total. The van der Waals surface area contributed by atoms with Crippen LogP contribution in [-0.4, -0.2) is 31.3 Å². The molecule has 2 aromatic rings. The maximum atomic E-state index is 5.51. The van der Waals surface area contributed by atoms with Gasteiger partial charge in [-0.25, -0.2) is 4.68 Å². The average molecular weight is 355 g/mol. The molecule has 0 atom stereocenters. The molecule has 0 unspecified atom stereocenters. The van der Waals surface area contributed by atoms with Gasteiger partial charge in [0, 0.05) is 12.7 Å². The van der Waals surface area contributed by atoms with E-state index in [2.05, 4.69) is 45.2 Å². The van der Waals surface area contributed by atoms with E-state index in [1.807, 2.05) is 15.6 Å². The summed E-state index contributed by atoms with van der Waals surface area (Å²) >= 11 is 3.66. The molecule has 116 valence electrons. The number of rotatable bonds is 8. The minimum absolute atomic E-state index is 0.686. The minimum Gasteiger partial charge on any atom is -0.330 e. The zero-order valence-corrected chi connectivity index (χ0v) is 14.3. The number of nitrogens with two attached hydrogens (primary N) is 1. The summed E-state index contributed by atoms with van der Waals surface area (Å²) in [5.41, 5.74) is 8.77. The van der Waals surface area contributed by atoms with E-state index in [0.29, 0.717) is 6.54 Å². The summed E-state index contributed by atoms with van der Waals surface area (Å²) < 4.78 is 5.00. The van der Waals surface area contributed by atoms with E-state index in [-0.39, 0.29) is 0 Å². The van der Waals surface area contributed by atoms with Crippen LogP contribution in [0.1, 0.15) is 43.8 Å². The predicted molar refractivity (Wildman–Crippen MR) is 86.1 cm³/mol. The smallest absolute Gasteiger partial charge is 0.0857 e. The fraction of sp³-hybridized carbons (Fsp3) is 0.643. The highest BCUT2D eigenvalue weighted by molar-refractivity contribution is 9.10. The van der Waals surface area contributed by atoms with Crippen molar-refractivity contribution in [1.29, 1.82) is 0 Å². The van der Waals surface area contributed by atoms with Crippen LogP contribution in [0.25, 0.3) is 0 Å². The van der Waals surface area contributed by atoms with Crippen molar-refractivity contribution in [2.45, 2.75) is 52.6 Å². The molecule has 0 spiro atoms. The van der Waals surface area contributed by atoms with Crippen LogP contribution in [-0.2, 0) is 25.9 Å². The van der Waals surface area contributed by atoms with Crippen LogP contribution in [0.4, 0.5) is 0 Å². The van der Waals surface area contributed by atoms with Crippen LogP contribution in [0, 0.1) is 0 Å². The third-order valence-corrected chi connectivity index (χ3v) is 4.39. The molecule has 7 heteroatoms. The molecule has 0 radical (unpaired) electrons. The molecule has 0 saturated carbocycles. The lowest BCUT2D eigenvalue weighted by Crippen LogP contribution is -2.09. The number of hydrogen-bond acceptors (Lipinski definition) is 4. The first-order valence-corrected chi connectivity index (χ1v) is 8.32. The fourth-order valence-electron chi connectivity index (χ4n) is 2.30. The molecule has 0 amide bonds. The van der Waals surface area contributed by atoms with Crippen molar-refractivity contribution in [3.8, 4) is 0 Å². The van der Waals surface area contributed by atoms with Gasteiger partial charge in [-0.15, -0.1) is 5.10 Å². The maximum Gasteiger partial charge on any atom is 0.0857 e. The largest absolute Gasteiger partial charge is 0.330 e. The standard InChI is InChI=1S/C14H23BrN6/c1-3-12-14(15)13(21(4-2)18-12)10-20-9-11(17-19-20)7-5-6-8-16/h9H,3-8,10,16H2,1-2H3. The van der Waals surface area contributed by atoms with Gasteiger partial charge in [-0.05, 0) is 55.1 Å². The van der Waals surface area contributed by atoms with Crippen molar-refractivity contribution in [3.63, 3.8) is 0 Å². The lowest BCUT2D eigenvalue weighted by molar-refractivity contribution is 0.562. The van der Waals surface area contributed by atoms with Gasteiger partial charge in [-0.2, -0.15) is 5.10 Å². The molecule has 2 aromatic heterocycles. The molecule has 0 aliphatic carbocycles. The second kappa shape index (κ2) is 7.70. The Morgan fingerprint density at radius 2 is 2.10 bits per heavy atom. The number of halogens is 1. The zero-order chi connectivity index (χ0) is 15.2. The van der Waals surface area contributed by atoms with Crippen molar-refractivity contribution in [2.75, 3.05) is 6.54 Å². The second-order valence-corrected chi connectivity index (χ2v) is 5.82. The molecule has 0 saturated heterocycles. The van der Waals surface area contributed by atoms with E-state index in [1.165, 1.54) is 0 Å². The summed E-state index contributed by atoms with van der Waals surface area (Å²) in [6, 6.07) is 0. The summed E-state index contributed by atoms with van der Waals surface area (Å²) in [7, 11) is 0. The first-order valence-electron chi connectivity index (χ1n) is 7.52. The fourth-order valence-corrected chi connectivity index (χ4v) is 2.99. The summed E-state index contributed by atoms with van der Waals surface area (Å²) in [5, 5.41) is 13.0. The van der Waals surface area contributed by atoms with Crippen LogP contribution in [0.5, 0.6) is 0 Å². The highest BCUT2D eigenvalue weighted by Crippen LogP contribution is 2.23. The molecule has 2 heterocycles. The molecule has 2 N–H and O–H groups in total. The Bertz CT molecular complexity index is 574. The van der Waals surface area contributed by atoms with Crippen molar-refractivity contribution in [2.24, 2.45) is 5.73 Å². The minimum atomic E-state index is 0.686.